The predicted molar refractivity (Wildman–Crippen MR) is 89.4 cm³/mol. The fourth-order valence-electron chi connectivity index (χ4n) is 1.87. The number of rotatable bonds is 8. The highest BCUT2D eigenvalue weighted by Gasteiger charge is 2.20. The second-order valence-electron chi connectivity index (χ2n) is 4.83. The Bertz CT molecular complexity index is 648. The fourth-order valence-corrected chi connectivity index (χ4v) is 5.10. The molecule has 2 rings (SSSR count). The second-order valence-corrected chi connectivity index (χ2v) is 8.31. The normalized spacial score (nSPS) is 13.4. The third kappa shape index (κ3) is 4.62. The molecule has 0 spiro atoms. The van der Waals surface area contributed by atoms with Gasteiger partial charge in [-0.2, -0.15) is 11.3 Å². The highest BCUT2D eigenvalue weighted by Crippen LogP contribution is 2.22. The van der Waals surface area contributed by atoms with Gasteiger partial charge in [0, 0.05) is 22.8 Å². The molecule has 4 nitrogen and oxygen atoms in total. The van der Waals surface area contributed by atoms with Crippen molar-refractivity contribution in [3.63, 3.8) is 0 Å². The predicted octanol–water partition coefficient (Wildman–Crippen LogP) is 3.35. The molecule has 0 saturated heterocycles. The molecular weight excluding hydrogens is 324 g/mol. The van der Waals surface area contributed by atoms with Crippen molar-refractivity contribution in [2.24, 2.45) is 0 Å². The van der Waals surface area contributed by atoms with E-state index in [9.17, 15) is 8.42 Å². The van der Waals surface area contributed by atoms with Crippen molar-refractivity contribution in [1.29, 1.82) is 0 Å². The van der Waals surface area contributed by atoms with E-state index >= 15 is 0 Å². The standard InChI is InChI=1S/C14H20N2O2S3/c1-3-5-15-8-13-7-14(10-20-13)21(17,18)16-11(2)12-4-6-19-9-12/h4,6-7,9-11,15-16H,3,5,8H2,1-2H3. The lowest BCUT2D eigenvalue weighted by Gasteiger charge is -2.12. The Morgan fingerprint density at radius 2 is 2.14 bits per heavy atom. The molecule has 0 bridgehead atoms. The van der Waals surface area contributed by atoms with E-state index in [4.69, 9.17) is 0 Å². The van der Waals surface area contributed by atoms with Gasteiger partial charge < -0.3 is 5.32 Å². The Kier molecular flexibility index (Phi) is 5.95. The van der Waals surface area contributed by atoms with Crippen molar-refractivity contribution in [1.82, 2.24) is 10.0 Å². The minimum Gasteiger partial charge on any atom is -0.312 e. The average Bonchev–Trinajstić information content (AvgIpc) is 3.10. The molecule has 2 heterocycles. The van der Waals surface area contributed by atoms with E-state index in [0.29, 0.717) is 11.4 Å². The van der Waals surface area contributed by atoms with Gasteiger partial charge >= 0.3 is 0 Å². The summed E-state index contributed by atoms with van der Waals surface area (Å²) in [6, 6.07) is 3.46. The van der Waals surface area contributed by atoms with Gasteiger partial charge in [-0.05, 0) is 48.3 Å². The molecule has 0 saturated carbocycles. The first-order valence-electron chi connectivity index (χ1n) is 6.85. The maximum atomic E-state index is 12.4. The number of nitrogens with one attached hydrogen (secondary N) is 2. The van der Waals surface area contributed by atoms with Crippen molar-refractivity contribution in [3.8, 4) is 0 Å². The van der Waals surface area contributed by atoms with Crippen LogP contribution in [0.25, 0.3) is 0 Å². The number of hydrogen-bond acceptors (Lipinski definition) is 5. The van der Waals surface area contributed by atoms with E-state index in [-0.39, 0.29) is 6.04 Å². The summed E-state index contributed by atoms with van der Waals surface area (Å²) < 4.78 is 27.4. The largest absolute Gasteiger partial charge is 0.312 e. The molecule has 0 aromatic carbocycles. The molecule has 7 heteroatoms. The summed E-state index contributed by atoms with van der Waals surface area (Å²) >= 11 is 3.04. The van der Waals surface area contributed by atoms with Crippen molar-refractivity contribution in [2.45, 2.75) is 37.8 Å². The van der Waals surface area contributed by atoms with Gasteiger partial charge in [0.15, 0.2) is 0 Å². The topological polar surface area (TPSA) is 58.2 Å². The Hall–Kier alpha value is -0.730. The van der Waals surface area contributed by atoms with Crippen LogP contribution in [0.2, 0.25) is 0 Å². The Morgan fingerprint density at radius 3 is 2.81 bits per heavy atom. The van der Waals surface area contributed by atoms with Crippen LogP contribution in [0.5, 0.6) is 0 Å². The van der Waals surface area contributed by atoms with E-state index in [1.807, 2.05) is 23.8 Å². The maximum absolute atomic E-state index is 12.4. The molecule has 2 N–H and O–H groups in total. The number of sulfonamides is 1. The Balaban J connectivity index is 2.02. The quantitative estimate of drug-likeness (QED) is 0.722. The van der Waals surface area contributed by atoms with Crippen LogP contribution >= 0.6 is 22.7 Å². The van der Waals surface area contributed by atoms with Crippen LogP contribution in [-0.4, -0.2) is 15.0 Å². The van der Waals surface area contributed by atoms with Crippen LogP contribution in [-0.2, 0) is 16.6 Å². The van der Waals surface area contributed by atoms with Gasteiger partial charge in [0.1, 0.15) is 0 Å². The molecule has 2 aromatic rings. The summed E-state index contributed by atoms with van der Waals surface area (Å²) in [4.78, 5) is 1.38. The van der Waals surface area contributed by atoms with Crippen LogP contribution in [0.3, 0.4) is 0 Å². The highest BCUT2D eigenvalue weighted by molar-refractivity contribution is 7.89. The maximum Gasteiger partial charge on any atom is 0.241 e. The van der Waals surface area contributed by atoms with Gasteiger partial charge in [0.25, 0.3) is 0 Å². The average molecular weight is 345 g/mol. The lowest BCUT2D eigenvalue weighted by molar-refractivity contribution is 0.567. The monoisotopic (exact) mass is 344 g/mol. The molecule has 0 amide bonds. The molecule has 0 aliphatic carbocycles. The van der Waals surface area contributed by atoms with Crippen LogP contribution in [0.15, 0.2) is 33.2 Å². The lowest BCUT2D eigenvalue weighted by atomic mass is 10.2. The summed E-state index contributed by atoms with van der Waals surface area (Å²) in [7, 11) is -3.46. The number of thiophene rings is 2. The van der Waals surface area contributed by atoms with Crippen LogP contribution in [0, 0.1) is 0 Å². The third-order valence-corrected chi connectivity index (χ3v) is 6.35. The molecule has 0 fully saturated rings. The summed E-state index contributed by atoms with van der Waals surface area (Å²) in [5, 5.41) is 8.88. The fraction of sp³-hybridized carbons (Fsp3) is 0.429. The molecular formula is C14H20N2O2S3. The SMILES string of the molecule is CCCNCc1cc(S(=O)(=O)NC(C)c2ccsc2)cs1. The molecule has 0 aliphatic rings. The molecule has 0 radical (unpaired) electrons. The van der Waals surface area contributed by atoms with Crippen LogP contribution < -0.4 is 10.0 Å². The first-order chi connectivity index (χ1) is 10.0. The zero-order valence-corrected chi connectivity index (χ0v) is 14.6. The van der Waals surface area contributed by atoms with Crippen molar-refractivity contribution in [2.75, 3.05) is 6.54 Å². The van der Waals surface area contributed by atoms with E-state index in [0.717, 1.165) is 23.4 Å². The van der Waals surface area contributed by atoms with Gasteiger partial charge in [0.05, 0.1) is 4.90 Å². The van der Waals surface area contributed by atoms with Crippen molar-refractivity contribution < 1.29 is 8.42 Å². The van der Waals surface area contributed by atoms with Crippen molar-refractivity contribution in [3.05, 3.63) is 38.7 Å². The molecule has 116 valence electrons. The molecule has 1 atom stereocenters. The summed E-state index contributed by atoms with van der Waals surface area (Å²) in [6.07, 6.45) is 1.07. The van der Waals surface area contributed by atoms with Gasteiger partial charge in [-0.15, -0.1) is 11.3 Å². The van der Waals surface area contributed by atoms with Crippen molar-refractivity contribution >= 4 is 32.7 Å². The smallest absolute Gasteiger partial charge is 0.241 e. The van der Waals surface area contributed by atoms with Gasteiger partial charge in [-0.1, -0.05) is 6.92 Å². The molecule has 1 unspecified atom stereocenters. The highest BCUT2D eigenvalue weighted by atomic mass is 32.2. The second kappa shape index (κ2) is 7.51. The van der Waals surface area contributed by atoms with E-state index < -0.39 is 10.0 Å². The molecule has 0 aliphatic heterocycles. The number of hydrogen-bond donors (Lipinski definition) is 2. The summed E-state index contributed by atoms with van der Waals surface area (Å²) in [5.41, 5.74) is 0.989. The van der Waals surface area contributed by atoms with E-state index in [1.165, 1.54) is 11.3 Å². The lowest BCUT2D eigenvalue weighted by Crippen LogP contribution is -2.26. The van der Waals surface area contributed by atoms with Crippen LogP contribution in [0.4, 0.5) is 0 Å². The zero-order chi connectivity index (χ0) is 15.3. The zero-order valence-electron chi connectivity index (χ0n) is 12.1. The minimum absolute atomic E-state index is 0.220. The molecule has 21 heavy (non-hydrogen) atoms. The van der Waals surface area contributed by atoms with Gasteiger partial charge in [0.2, 0.25) is 10.0 Å². The minimum atomic E-state index is -3.46. The van der Waals surface area contributed by atoms with E-state index in [2.05, 4.69) is 17.0 Å². The Labute approximate surface area is 134 Å². The first kappa shape index (κ1) is 16.6. The molecule has 2 aromatic heterocycles. The van der Waals surface area contributed by atoms with Gasteiger partial charge in [-0.25, -0.2) is 13.1 Å². The van der Waals surface area contributed by atoms with E-state index in [1.54, 1.807) is 22.8 Å². The summed E-state index contributed by atoms with van der Waals surface area (Å²) in [6.45, 7) is 5.62. The van der Waals surface area contributed by atoms with Gasteiger partial charge in [-0.3, -0.25) is 0 Å². The summed E-state index contributed by atoms with van der Waals surface area (Å²) in [5.74, 6) is 0. The first-order valence-corrected chi connectivity index (χ1v) is 10.2. The van der Waals surface area contributed by atoms with Crippen LogP contribution in [0.1, 0.15) is 36.8 Å². The third-order valence-electron chi connectivity index (χ3n) is 3.04. The Morgan fingerprint density at radius 1 is 1.33 bits per heavy atom.